The van der Waals surface area contributed by atoms with Gasteiger partial charge in [0.2, 0.25) is 0 Å². The Bertz CT molecular complexity index is 1390. The minimum absolute atomic E-state index is 0.222. The van der Waals surface area contributed by atoms with Crippen molar-refractivity contribution in [3.63, 3.8) is 0 Å². The van der Waals surface area contributed by atoms with E-state index in [0.29, 0.717) is 23.9 Å². The number of aromatic nitrogens is 1. The van der Waals surface area contributed by atoms with Crippen LogP contribution in [0.15, 0.2) is 95.0 Å². The van der Waals surface area contributed by atoms with E-state index in [-0.39, 0.29) is 6.61 Å². The van der Waals surface area contributed by atoms with E-state index < -0.39 is 6.10 Å². The molecule has 1 aliphatic heterocycles. The lowest BCUT2D eigenvalue weighted by atomic mass is 9.88. The van der Waals surface area contributed by atoms with E-state index in [9.17, 15) is 5.11 Å². The first-order valence-electron chi connectivity index (χ1n) is 13.8. The van der Waals surface area contributed by atoms with Gasteiger partial charge in [-0.05, 0) is 54.7 Å². The molecule has 0 radical (unpaired) electrons. The van der Waals surface area contributed by atoms with Crippen LogP contribution in [0.4, 0.5) is 0 Å². The summed E-state index contributed by atoms with van der Waals surface area (Å²) in [5.41, 5.74) is 7.78. The smallest absolute Gasteiger partial charge is 0.314 e. The number of methoxy groups -OCH3 is 1. The first-order chi connectivity index (χ1) is 19.6. The van der Waals surface area contributed by atoms with Gasteiger partial charge in [0.25, 0.3) is 0 Å². The van der Waals surface area contributed by atoms with Crippen LogP contribution in [-0.2, 0) is 0 Å². The second-order valence-corrected chi connectivity index (χ2v) is 10.0. The van der Waals surface area contributed by atoms with Gasteiger partial charge in [0, 0.05) is 25.2 Å². The molecule has 1 aromatic heterocycles. The van der Waals surface area contributed by atoms with Crippen molar-refractivity contribution in [3.8, 4) is 11.7 Å². The van der Waals surface area contributed by atoms with Gasteiger partial charge in [-0.25, -0.2) is 0 Å². The van der Waals surface area contributed by atoms with Crippen molar-refractivity contribution >= 4 is 17.7 Å². The molecule has 0 saturated carbocycles. The van der Waals surface area contributed by atoms with Crippen LogP contribution in [0, 0.1) is 6.92 Å². The molecule has 40 heavy (non-hydrogen) atoms. The highest BCUT2D eigenvalue weighted by molar-refractivity contribution is 5.82. The van der Waals surface area contributed by atoms with Crippen molar-refractivity contribution in [2.75, 3.05) is 33.4 Å². The fraction of sp³-hybridized carbons (Fsp3) is 0.265. The molecule has 4 aromatic rings. The molecule has 6 nitrogen and oxygen atoms in total. The normalized spacial score (nSPS) is 14.8. The Labute approximate surface area is 236 Å². The highest BCUT2D eigenvalue weighted by Crippen LogP contribution is 2.32. The quantitative estimate of drug-likeness (QED) is 0.250. The van der Waals surface area contributed by atoms with Crippen molar-refractivity contribution in [2.24, 2.45) is 0 Å². The summed E-state index contributed by atoms with van der Waals surface area (Å²) >= 11 is 0. The number of hydrogen-bond acceptors (Lipinski definition) is 6. The maximum Gasteiger partial charge on any atom is 0.314 e. The molecule has 206 valence electrons. The van der Waals surface area contributed by atoms with Gasteiger partial charge in [0.1, 0.15) is 24.2 Å². The Morgan fingerprint density at radius 3 is 2.17 bits per heavy atom. The highest BCUT2D eigenvalue weighted by Gasteiger charge is 2.21. The number of aliphatic hydroxyl groups is 1. The zero-order valence-corrected chi connectivity index (χ0v) is 23.1. The molecule has 2 heterocycles. The lowest BCUT2D eigenvalue weighted by Gasteiger charge is -2.31. The van der Waals surface area contributed by atoms with Gasteiger partial charge < -0.3 is 19.1 Å². The summed E-state index contributed by atoms with van der Waals surface area (Å²) < 4.78 is 16.4. The van der Waals surface area contributed by atoms with Gasteiger partial charge in [-0.2, -0.15) is 0 Å². The predicted molar refractivity (Wildman–Crippen MR) is 159 cm³/mol. The lowest BCUT2D eigenvalue weighted by molar-refractivity contribution is 0.0655. The molecule has 1 saturated heterocycles. The summed E-state index contributed by atoms with van der Waals surface area (Å²) in [4.78, 5) is 2.33. The predicted octanol–water partition coefficient (Wildman–Crippen LogP) is 6.50. The summed E-state index contributed by atoms with van der Waals surface area (Å²) in [6.45, 7) is 4.53. The number of nitrogens with zero attached hydrogens (tertiary/aromatic N) is 2. The van der Waals surface area contributed by atoms with Crippen molar-refractivity contribution in [1.29, 1.82) is 0 Å². The monoisotopic (exact) mass is 536 g/mol. The molecule has 0 amide bonds. The van der Waals surface area contributed by atoms with Gasteiger partial charge in [-0.3, -0.25) is 4.90 Å². The summed E-state index contributed by atoms with van der Waals surface area (Å²) in [6, 6.07) is 29.1. The van der Waals surface area contributed by atoms with Crippen LogP contribution in [0.1, 0.15) is 40.8 Å². The molecule has 1 aliphatic rings. The average molecular weight is 537 g/mol. The molecular formula is C34H36N2O4. The maximum absolute atomic E-state index is 10.8. The van der Waals surface area contributed by atoms with Crippen LogP contribution in [0.25, 0.3) is 17.7 Å². The molecule has 3 aromatic carbocycles. The third-order valence-electron chi connectivity index (χ3n) is 7.28. The van der Waals surface area contributed by atoms with E-state index in [0.717, 1.165) is 37.1 Å². The van der Waals surface area contributed by atoms with Crippen LogP contribution in [-0.4, -0.2) is 54.6 Å². The number of aliphatic hydroxyl groups excluding tert-OH is 1. The molecule has 1 atom stereocenters. The molecule has 1 N–H and O–H groups in total. The fourth-order valence-corrected chi connectivity index (χ4v) is 5.17. The maximum atomic E-state index is 10.8. The Morgan fingerprint density at radius 2 is 1.55 bits per heavy atom. The number of para-hydroxylation sites is 1. The standard InChI is InChI=1S/C34H36N2O4/c1-25-31(35-40-34(25)38-2)18-17-26-11-9-10-16-32(26)39-24-30(37)23-36-21-19-29(20-22-36)33(27-12-5-3-6-13-27)28-14-7-4-8-15-28/h3-18,30,37H,19-24H2,1-2H3. The van der Waals surface area contributed by atoms with E-state index in [1.807, 2.05) is 43.3 Å². The molecule has 1 fully saturated rings. The van der Waals surface area contributed by atoms with Crippen LogP contribution < -0.4 is 9.47 Å². The van der Waals surface area contributed by atoms with Gasteiger partial charge >= 0.3 is 5.95 Å². The fourth-order valence-electron chi connectivity index (χ4n) is 5.17. The molecule has 6 heteroatoms. The van der Waals surface area contributed by atoms with Crippen molar-refractivity contribution in [3.05, 3.63) is 118 Å². The molecular weight excluding hydrogens is 500 g/mol. The average Bonchev–Trinajstić information content (AvgIpc) is 3.36. The van der Waals surface area contributed by atoms with Gasteiger partial charge in [0.15, 0.2) is 0 Å². The van der Waals surface area contributed by atoms with Crippen LogP contribution >= 0.6 is 0 Å². The van der Waals surface area contributed by atoms with Gasteiger partial charge in [-0.15, -0.1) is 0 Å². The Kier molecular flexibility index (Phi) is 9.11. The number of hydrogen-bond donors (Lipinski definition) is 1. The highest BCUT2D eigenvalue weighted by atomic mass is 16.6. The van der Waals surface area contributed by atoms with Crippen LogP contribution in [0.2, 0.25) is 0 Å². The summed E-state index contributed by atoms with van der Waals surface area (Å²) in [7, 11) is 1.56. The molecule has 1 unspecified atom stereocenters. The van der Waals surface area contributed by atoms with Crippen molar-refractivity contribution < 1.29 is 19.1 Å². The number of ether oxygens (including phenoxy) is 2. The van der Waals surface area contributed by atoms with Crippen LogP contribution in [0.3, 0.4) is 0 Å². The van der Waals surface area contributed by atoms with E-state index in [2.05, 4.69) is 70.7 Å². The summed E-state index contributed by atoms with van der Waals surface area (Å²) in [5, 5.41) is 14.9. The number of likely N-dealkylation sites (tertiary alicyclic amines) is 1. The first kappa shape index (κ1) is 27.4. The zero-order valence-electron chi connectivity index (χ0n) is 23.1. The zero-order chi connectivity index (χ0) is 27.7. The van der Waals surface area contributed by atoms with E-state index in [1.54, 1.807) is 7.11 Å². The Balaban J connectivity index is 1.18. The van der Waals surface area contributed by atoms with Crippen molar-refractivity contribution in [1.82, 2.24) is 10.1 Å². The molecule has 0 spiro atoms. The Hall–Kier alpha value is -4.13. The second kappa shape index (κ2) is 13.3. The molecule has 5 rings (SSSR count). The van der Waals surface area contributed by atoms with E-state index in [1.165, 1.54) is 22.3 Å². The molecule has 0 bridgehead atoms. The van der Waals surface area contributed by atoms with Crippen molar-refractivity contribution in [2.45, 2.75) is 25.9 Å². The number of piperidine rings is 1. The van der Waals surface area contributed by atoms with E-state index in [4.69, 9.17) is 14.0 Å². The summed E-state index contributed by atoms with van der Waals surface area (Å²) in [6.07, 6.45) is 5.17. The topological polar surface area (TPSA) is 68.0 Å². The first-order valence-corrected chi connectivity index (χ1v) is 13.8. The molecule has 0 aliphatic carbocycles. The second-order valence-electron chi connectivity index (χ2n) is 10.0. The minimum Gasteiger partial charge on any atom is -0.490 e. The largest absolute Gasteiger partial charge is 0.490 e. The number of β-amino-alcohol motifs (C(OH)–C–C–N with tert-alkyl or cyclic N) is 1. The minimum atomic E-state index is -0.590. The third-order valence-corrected chi connectivity index (χ3v) is 7.28. The van der Waals surface area contributed by atoms with E-state index >= 15 is 0 Å². The SMILES string of the molecule is COc1onc(C=Cc2ccccc2OCC(O)CN2CCC(=C(c3ccccc3)c3ccccc3)CC2)c1C. The van der Waals surface area contributed by atoms with Gasteiger partial charge in [0.05, 0.1) is 12.7 Å². The third kappa shape index (κ3) is 6.71. The Morgan fingerprint density at radius 1 is 0.925 bits per heavy atom. The number of rotatable bonds is 10. The summed E-state index contributed by atoms with van der Waals surface area (Å²) in [5.74, 6) is 1.12. The van der Waals surface area contributed by atoms with Crippen LogP contribution in [0.5, 0.6) is 11.7 Å². The lowest BCUT2D eigenvalue weighted by Crippen LogP contribution is -2.39. The number of benzene rings is 3. The van der Waals surface area contributed by atoms with Gasteiger partial charge in [-0.1, -0.05) is 89.6 Å².